The molecule has 0 radical (unpaired) electrons. The summed E-state index contributed by atoms with van der Waals surface area (Å²) >= 11 is 1.64. The number of aryl methyl sites for hydroxylation is 1. The molecule has 0 spiro atoms. The van der Waals surface area contributed by atoms with E-state index >= 15 is 0 Å². The van der Waals surface area contributed by atoms with E-state index in [1.165, 1.54) is 0 Å². The van der Waals surface area contributed by atoms with Crippen LogP contribution in [0.1, 0.15) is 21.1 Å². The molecule has 0 N–H and O–H groups in total. The molecule has 0 fully saturated rings. The van der Waals surface area contributed by atoms with Gasteiger partial charge in [-0.1, -0.05) is 12.1 Å². The van der Waals surface area contributed by atoms with Gasteiger partial charge in [0, 0.05) is 23.7 Å². The van der Waals surface area contributed by atoms with Crippen LogP contribution in [-0.2, 0) is 6.54 Å². The molecule has 0 atom stereocenters. The van der Waals surface area contributed by atoms with E-state index in [-0.39, 0.29) is 0 Å². The number of carbonyl (C=O) groups is 1. The normalized spacial score (nSPS) is 10.2. The van der Waals surface area contributed by atoms with Crippen molar-refractivity contribution < 1.29 is 4.79 Å². The van der Waals surface area contributed by atoms with Gasteiger partial charge in [0.1, 0.15) is 0 Å². The van der Waals surface area contributed by atoms with Gasteiger partial charge in [-0.25, -0.2) is 4.98 Å². The molecule has 2 rings (SSSR count). The van der Waals surface area contributed by atoms with Crippen molar-refractivity contribution in [2.75, 3.05) is 11.9 Å². The van der Waals surface area contributed by atoms with Gasteiger partial charge >= 0.3 is 0 Å². The molecule has 0 saturated carbocycles. The quantitative estimate of drug-likeness (QED) is 0.778. The number of thiazole rings is 1. The fourth-order valence-corrected chi connectivity index (χ4v) is 2.35. The zero-order chi connectivity index (χ0) is 12.3. The molecule has 0 bridgehead atoms. The Balaban J connectivity index is 2.19. The topological polar surface area (TPSA) is 33.2 Å². The number of carbonyl (C=O) groups excluding carboxylic acids is 1. The van der Waals surface area contributed by atoms with Gasteiger partial charge in [-0.05, 0) is 19.1 Å². The standard InChI is InChI=1S/C13H14N2OS/c1-10-14-12(9-17-10)7-15(2)13-6-4-3-5-11(13)8-16/h3-6,8-9H,7H2,1-2H3. The van der Waals surface area contributed by atoms with Crippen LogP contribution < -0.4 is 4.90 Å². The smallest absolute Gasteiger partial charge is 0.152 e. The van der Waals surface area contributed by atoms with Crippen molar-refractivity contribution in [1.82, 2.24) is 4.98 Å². The number of rotatable bonds is 4. The van der Waals surface area contributed by atoms with Crippen LogP contribution in [0.3, 0.4) is 0 Å². The van der Waals surface area contributed by atoms with Crippen molar-refractivity contribution in [3.63, 3.8) is 0 Å². The Morgan fingerprint density at radius 3 is 2.82 bits per heavy atom. The van der Waals surface area contributed by atoms with Crippen molar-refractivity contribution in [3.05, 3.63) is 45.9 Å². The van der Waals surface area contributed by atoms with E-state index in [4.69, 9.17) is 0 Å². The average Bonchev–Trinajstić information content (AvgIpc) is 2.74. The Kier molecular flexibility index (Phi) is 3.54. The Labute approximate surface area is 105 Å². The van der Waals surface area contributed by atoms with Gasteiger partial charge in [-0.15, -0.1) is 11.3 Å². The molecule has 0 saturated heterocycles. The Morgan fingerprint density at radius 1 is 1.41 bits per heavy atom. The molecule has 1 aromatic heterocycles. The van der Waals surface area contributed by atoms with Gasteiger partial charge in [0.25, 0.3) is 0 Å². The lowest BCUT2D eigenvalue weighted by Crippen LogP contribution is -2.18. The lowest BCUT2D eigenvalue weighted by molar-refractivity contribution is 0.112. The minimum absolute atomic E-state index is 0.710. The first-order valence-corrected chi connectivity index (χ1v) is 6.25. The average molecular weight is 246 g/mol. The first-order chi connectivity index (χ1) is 8.20. The first-order valence-electron chi connectivity index (χ1n) is 5.37. The summed E-state index contributed by atoms with van der Waals surface area (Å²) in [6.07, 6.45) is 0.887. The van der Waals surface area contributed by atoms with Gasteiger partial charge in [0.2, 0.25) is 0 Å². The molecule has 0 aliphatic carbocycles. The van der Waals surface area contributed by atoms with E-state index in [1.807, 2.05) is 43.1 Å². The van der Waals surface area contributed by atoms with Crippen molar-refractivity contribution in [2.24, 2.45) is 0 Å². The highest BCUT2D eigenvalue weighted by Gasteiger charge is 2.08. The minimum atomic E-state index is 0.710. The second-order valence-corrected chi connectivity index (χ2v) is 4.95. The Bertz CT molecular complexity index is 522. The van der Waals surface area contributed by atoms with Crippen molar-refractivity contribution in [1.29, 1.82) is 0 Å². The van der Waals surface area contributed by atoms with E-state index < -0.39 is 0 Å². The molecule has 0 aliphatic rings. The van der Waals surface area contributed by atoms with Gasteiger partial charge < -0.3 is 4.90 Å². The van der Waals surface area contributed by atoms with E-state index in [0.717, 1.165) is 29.2 Å². The lowest BCUT2D eigenvalue weighted by Gasteiger charge is -2.19. The third-order valence-electron chi connectivity index (χ3n) is 2.54. The highest BCUT2D eigenvalue weighted by Crippen LogP contribution is 2.20. The molecule has 3 nitrogen and oxygen atoms in total. The molecule has 4 heteroatoms. The van der Waals surface area contributed by atoms with Crippen LogP contribution in [0, 0.1) is 6.92 Å². The summed E-state index contributed by atoms with van der Waals surface area (Å²) in [6, 6.07) is 7.58. The monoisotopic (exact) mass is 246 g/mol. The summed E-state index contributed by atoms with van der Waals surface area (Å²) in [6.45, 7) is 2.71. The third-order valence-corrected chi connectivity index (χ3v) is 3.36. The summed E-state index contributed by atoms with van der Waals surface area (Å²) in [7, 11) is 1.97. The van der Waals surface area contributed by atoms with E-state index in [0.29, 0.717) is 5.56 Å². The maximum atomic E-state index is 10.9. The van der Waals surface area contributed by atoms with Crippen LogP contribution >= 0.6 is 11.3 Å². The maximum absolute atomic E-state index is 10.9. The Morgan fingerprint density at radius 2 is 2.18 bits per heavy atom. The molecule has 0 aliphatic heterocycles. The van der Waals surface area contributed by atoms with Gasteiger partial charge in [0.15, 0.2) is 6.29 Å². The lowest BCUT2D eigenvalue weighted by atomic mass is 10.2. The summed E-state index contributed by atoms with van der Waals surface area (Å²) in [5.74, 6) is 0. The molecule has 0 amide bonds. The van der Waals surface area contributed by atoms with Crippen LogP contribution in [0.4, 0.5) is 5.69 Å². The SMILES string of the molecule is Cc1nc(CN(C)c2ccccc2C=O)cs1. The second-order valence-electron chi connectivity index (χ2n) is 3.89. The number of aldehydes is 1. The zero-order valence-corrected chi connectivity index (χ0v) is 10.7. The third kappa shape index (κ3) is 2.71. The second kappa shape index (κ2) is 5.10. The molecule has 1 aromatic carbocycles. The zero-order valence-electron chi connectivity index (χ0n) is 9.88. The van der Waals surface area contributed by atoms with E-state index in [2.05, 4.69) is 10.4 Å². The van der Waals surface area contributed by atoms with Crippen molar-refractivity contribution in [2.45, 2.75) is 13.5 Å². The molecule has 0 unspecified atom stereocenters. The summed E-state index contributed by atoms with van der Waals surface area (Å²) in [5.41, 5.74) is 2.69. The van der Waals surface area contributed by atoms with Crippen molar-refractivity contribution >= 4 is 23.3 Å². The summed E-state index contributed by atoms with van der Waals surface area (Å²) in [5, 5.41) is 3.12. The van der Waals surface area contributed by atoms with E-state index in [1.54, 1.807) is 11.3 Å². The van der Waals surface area contributed by atoms with Crippen LogP contribution in [0.25, 0.3) is 0 Å². The van der Waals surface area contributed by atoms with Crippen molar-refractivity contribution in [3.8, 4) is 0 Å². The largest absolute Gasteiger partial charge is 0.368 e. The van der Waals surface area contributed by atoms with E-state index in [9.17, 15) is 4.79 Å². The highest BCUT2D eigenvalue weighted by molar-refractivity contribution is 7.09. The maximum Gasteiger partial charge on any atom is 0.152 e. The fourth-order valence-electron chi connectivity index (χ4n) is 1.74. The highest BCUT2D eigenvalue weighted by atomic mass is 32.1. The number of para-hydroxylation sites is 1. The van der Waals surface area contributed by atoms with Gasteiger partial charge in [-0.3, -0.25) is 4.79 Å². The number of nitrogens with zero attached hydrogens (tertiary/aromatic N) is 2. The van der Waals surface area contributed by atoms with Gasteiger partial charge in [0.05, 0.1) is 17.2 Å². The van der Waals surface area contributed by atoms with Crippen LogP contribution in [0.15, 0.2) is 29.6 Å². The first kappa shape index (κ1) is 11.8. The number of benzene rings is 1. The number of anilines is 1. The van der Waals surface area contributed by atoms with Crippen LogP contribution in [0.2, 0.25) is 0 Å². The predicted molar refractivity (Wildman–Crippen MR) is 70.8 cm³/mol. The molecule has 88 valence electrons. The molecule has 2 aromatic rings. The summed E-state index contributed by atoms with van der Waals surface area (Å²) < 4.78 is 0. The summed E-state index contributed by atoms with van der Waals surface area (Å²) in [4.78, 5) is 17.4. The predicted octanol–water partition coefficient (Wildman–Crippen LogP) is 2.90. The molecule has 1 heterocycles. The molecule has 17 heavy (non-hydrogen) atoms. The number of hydrogen-bond donors (Lipinski definition) is 0. The number of aromatic nitrogens is 1. The Hall–Kier alpha value is -1.68. The van der Waals surface area contributed by atoms with Crippen LogP contribution in [-0.4, -0.2) is 18.3 Å². The minimum Gasteiger partial charge on any atom is -0.368 e. The molecular weight excluding hydrogens is 232 g/mol. The number of hydrogen-bond acceptors (Lipinski definition) is 4. The van der Waals surface area contributed by atoms with Crippen LogP contribution in [0.5, 0.6) is 0 Å². The fraction of sp³-hybridized carbons (Fsp3) is 0.231. The van der Waals surface area contributed by atoms with Gasteiger partial charge in [-0.2, -0.15) is 0 Å². The molecular formula is C13H14N2OS.